The number of pyridine rings is 2. The molecule has 0 bridgehead atoms. The first-order valence-corrected chi connectivity index (χ1v) is 26.5. The van der Waals surface area contributed by atoms with Crippen molar-refractivity contribution < 1.29 is 24.5 Å². The molecule has 0 aliphatic rings. The smallest absolute Gasteiger partial charge is 0.120 e. The Kier molecular flexibility index (Phi) is 12.3. The monoisotopic (exact) mass is 965 g/mol. The van der Waals surface area contributed by atoms with Crippen molar-refractivity contribution in [3.8, 4) is 28.3 Å². The van der Waals surface area contributed by atoms with Crippen LogP contribution in [0.5, 0.6) is 0 Å². The van der Waals surface area contributed by atoms with Crippen LogP contribution in [0, 0.1) is 18.1 Å². The predicted molar refractivity (Wildman–Crippen MR) is 229 cm³/mol. The molecule has 0 amide bonds. The van der Waals surface area contributed by atoms with Gasteiger partial charge < -0.3 is 8.98 Å². The molecule has 0 spiro atoms. The number of hydrogen-bond acceptors (Lipinski definition) is 4. The SMILES string of the molecule is CC(C)Cc1cc(-c2[c-]cncc2)nc[c]1[Ge]([CH3])([CH3])[CH3].CC(C)c1cccc(C(C)C)c1-n1c(-c2[c-]cc3oc4ccccc4c3c2)nc2ccccc21.[Ir]. The number of furan rings is 1. The Morgan fingerprint density at radius 2 is 1.45 bits per heavy atom. The second kappa shape index (κ2) is 16.8. The molecule has 8 rings (SSSR count). The van der Waals surface area contributed by atoms with Gasteiger partial charge >= 0.3 is 125 Å². The first-order chi connectivity index (χ1) is 25.9. The van der Waals surface area contributed by atoms with Gasteiger partial charge in [0, 0.05) is 31.2 Å². The number of nitrogens with zero attached hydrogens (tertiary/aromatic N) is 4. The Balaban J connectivity index is 0.000000211. The van der Waals surface area contributed by atoms with Crippen LogP contribution in [0.2, 0.25) is 17.3 Å². The number of benzene rings is 4. The van der Waals surface area contributed by atoms with Gasteiger partial charge in [0.05, 0.1) is 22.4 Å². The Labute approximate surface area is 342 Å². The van der Waals surface area contributed by atoms with E-state index in [2.05, 4.69) is 158 Å². The maximum Gasteiger partial charge on any atom is 0.120 e. The summed E-state index contributed by atoms with van der Waals surface area (Å²) in [5, 5.41) is 2.20. The molecule has 55 heavy (non-hydrogen) atoms. The van der Waals surface area contributed by atoms with Crippen LogP contribution in [0.3, 0.4) is 0 Å². The summed E-state index contributed by atoms with van der Waals surface area (Å²) >= 11 is -1.87. The summed E-state index contributed by atoms with van der Waals surface area (Å²) in [6, 6.07) is 38.3. The second-order valence-corrected chi connectivity index (χ2v) is 26.9. The van der Waals surface area contributed by atoms with E-state index >= 15 is 0 Å². The zero-order chi connectivity index (χ0) is 38.1. The molecule has 0 N–H and O–H groups in total. The van der Waals surface area contributed by atoms with Gasteiger partial charge in [-0.15, -0.1) is 23.8 Å². The zero-order valence-corrected chi connectivity index (χ0v) is 37.9. The van der Waals surface area contributed by atoms with E-state index in [0.29, 0.717) is 17.8 Å². The van der Waals surface area contributed by atoms with Crippen molar-refractivity contribution in [2.24, 2.45) is 5.92 Å². The van der Waals surface area contributed by atoms with Crippen LogP contribution < -0.4 is 4.40 Å². The first-order valence-electron chi connectivity index (χ1n) is 19.2. The Morgan fingerprint density at radius 1 is 0.745 bits per heavy atom. The molecule has 4 heterocycles. The second-order valence-electron chi connectivity index (χ2n) is 16.3. The van der Waals surface area contributed by atoms with Gasteiger partial charge in [-0.2, -0.15) is 0 Å². The van der Waals surface area contributed by atoms with E-state index in [0.717, 1.165) is 62.0 Å². The molecule has 0 saturated carbocycles. The van der Waals surface area contributed by atoms with E-state index in [1.165, 1.54) is 26.8 Å². The van der Waals surface area contributed by atoms with E-state index in [1.807, 2.05) is 24.3 Å². The van der Waals surface area contributed by atoms with Crippen LogP contribution in [0.15, 0.2) is 114 Å². The molecule has 4 aromatic heterocycles. The molecule has 0 unspecified atom stereocenters. The van der Waals surface area contributed by atoms with E-state index in [1.54, 1.807) is 12.4 Å². The van der Waals surface area contributed by atoms with E-state index in [4.69, 9.17) is 9.40 Å². The molecular formula is C48H50GeIrN4O-2. The molecule has 0 aliphatic carbocycles. The minimum absolute atomic E-state index is 0. The fraction of sp³-hybridized carbons (Fsp3) is 0.271. The molecule has 283 valence electrons. The normalized spacial score (nSPS) is 11.8. The van der Waals surface area contributed by atoms with Crippen LogP contribution in [-0.2, 0) is 26.5 Å². The number of hydrogen-bond donors (Lipinski definition) is 0. The summed E-state index contributed by atoms with van der Waals surface area (Å²) in [5.74, 6) is 9.62. The quantitative estimate of drug-likeness (QED) is 0.112. The minimum atomic E-state index is -1.87. The van der Waals surface area contributed by atoms with Crippen molar-refractivity contribution in [2.75, 3.05) is 0 Å². The molecule has 0 atom stereocenters. The number of rotatable bonds is 8. The fourth-order valence-electron chi connectivity index (χ4n) is 7.41. The van der Waals surface area contributed by atoms with Crippen molar-refractivity contribution >= 4 is 50.6 Å². The van der Waals surface area contributed by atoms with Gasteiger partial charge in [-0.1, -0.05) is 81.6 Å². The summed E-state index contributed by atoms with van der Waals surface area (Å²) in [6.45, 7) is 13.6. The van der Waals surface area contributed by atoms with E-state index in [-0.39, 0.29) is 20.1 Å². The van der Waals surface area contributed by atoms with Gasteiger partial charge in [0.2, 0.25) is 0 Å². The van der Waals surface area contributed by atoms with Crippen molar-refractivity contribution in [2.45, 2.75) is 77.1 Å². The number of aromatic nitrogens is 4. The third-order valence-electron chi connectivity index (χ3n) is 10.0. The van der Waals surface area contributed by atoms with Crippen LogP contribution in [0.4, 0.5) is 0 Å². The van der Waals surface area contributed by atoms with Crippen molar-refractivity contribution in [1.29, 1.82) is 0 Å². The molecule has 0 aliphatic heterocycles. The van der Waals surface area contributed by atoms with Gasteiger partial charge in [0.25, 0.3) is 0 Å². The summed E-state index contributed by atoms with van der Waals surface area (Å²) in [5.41, 5.74) is 12.2. The summed E-state index contributed by atoms with van der Waals surface area (Å²) in [4.78, 5) is 13.8. The van der Waals surface area contributed by atoms with Gasteiger partial charge in [-0.25, -0.2) is 0 Å². The third kappa shape index (κ3) is 8.43. The first kappa shape index (κ1) is 40.3. The standard InChI is InChI=1S/C31H27N2O.C17H23GeN2.Ir/c1-19(2)22-11-9-12-23(20(3)4)30(22)33-27-14-7-6-13-26(27)32-31(33)21-16-17-29-25(18-21)24-10-5-8-15-28(24)34-29;1-13(2)10-15-11-17(14-6-8-19-9-7-14)20-12-16(15)18(3,4)5;/h5-15,17-20H,1-4H3;6,8-9,11-13H,10H2,1-5H3;/q2*-1;. The number of para-hydroxylation sites is 4. The molecule has 5 nitrogen and oxygen atoms in total. The van der Waals surface area contributed by atoms with Gasteiger partial charge in [0.15, 0.2) is 0 Å². The Hall–Kier alpha value is -4.36. The summed E-state index contributed by atoms with van der Waals surface area (Å²) in [7, 11) is 0. The van der Waals surface area contributed by atoms with E-state index < -0.39 is 13.3 Å². The average Bonchev–Trinajstić information content (AvgIpc) is 3.72. The Morgan fingerprint density at radius 3 is 2.13 bits per heavy atom. The molecule has 4 aromatic carbocycles. The topological polar surface area (TPSA) is 56.7 Å². The molecular weight excluding hydrogens is 913 g/mol. The molecule has 1 radical (unpaired) electrons. The van der Waals surface area contributed by atoms with Crippen LogP contribution in [-0.4, -0.2) is 32.8 Å². The maximum atomic E-state index is 6.06. The predicted octanol–water partition coefficient (Wildman–Crippen LogP) is 12.3. The van der Waals surface area contributed by atoms with Gasteiger partial charge in [0.1, 0.15) is 5.58 Å². The van der Waals surface area contributed by atoms with Crippen LogP contribution >= 0.6 is 0 Å². The molecule has 0 saturated heterocycles. The molecule has 0 fully saturated rings. The minimum Gasteiger partial charge on any atom is -0.500 e. The van der Waals surface area contributed by atoms with Crippen molar-refractivity contribution in [3.63, 3.8) is 0 Å². The van der Waals surface area contributed by atoms with E-state index in [9.17, 15) is 0 Å². The number of imidazole rings is 1. The maximum absolute atomic E-state index is 6.06. The zero-order valence-electron chi connectivity index (χ0n) is 33.4. The van der Waals surface area contributed by atoms with Crippen molar-refractivity contribution in [3.05, 3.63) is 138 Å². The average molecular weight is 964 g/mol. The van der Waals surface area contributed by atoms with Gasteiger partial charge in [-0.3, -0.25) is 4.98 Å². The molecule has 7 heteroatoms. The third-order valence-corrected chi connectivity index (χ3v) is 14.3. The number of fused-ring (bicyclic) bond motifs is 4. The largest absolute Gasteiger partial charge is 0.500 e. The van der Waals surface area contributed by atoms with Crippen molar-refractivity contribution in [1.82, 2.24) is 19.5 Å². The van der Waals surface area contributed by atoms with Crippen LogP contribution in [0.1, 0.15) is 70.1 Å². The summed E-state index contributed by atoms with van der Waals surface area (Å²) < 4.78 is 9.93. The molecule has 8 aromatic rings. The van der Waals surface area contributed by atoms with Crippen LogP contribution in [0.25, 0.3) is 61.3 Å². The van der Waals surface area contributed by atoms with Gasteiger partial charge in [-0.05, 0) is 41.2 Å². The fourth-order valence-corrected chi connectivity index (χ4v) is 10.7. The summed E-state index contributed by atoms with van der Waals surface area (Å²) in [6.07, 6.45) is 6.74. The Bertz CT molecular complexity index is 2540.